The Hall–Kier alpha value is -1.07. The Morgan fingerprint density at radius 3 is 3.19 bits per heavy atom. The molecule has 1 aromatic heterocycles. The predicted octanol–water partition coefficient (Wildman–Crippen LogP) is -0.141. The van der Waals surface area contributed by atoms with Crippen molar-refractivity contribution >= 4 is 0 Å². The Morgan fingerprint density at radius 2 is 2.44 bits per heavy atom. The fourth-order valence-electron chi connectivity index (χ4n) is 2.53. The van der Waals surface area contributed by atoms with Crippen molar-refractivity contribution in [2.24, 2.45) is 5.92 Å². The fourth-order valence-corrected chi connectivity index (χ4v) is 2.53. The third-order valence-corrected chi connectivity index (χ3v) is 3.48. The molecule has 0 amide bonds. The van der Waals surface area contributed by atoms with Crippen LogP contribution >= 0.6 is 0 Å². The second kappa shape index (κ2) is 4.07. The van der Waals surface area contributed by atoms with Crippen LogP contribution in [0.15, 0.2) is 4.79 Å². The molecule has 88 valence electrons. The molecule has 1 atom stereocenters. The molecule has 5 heteroatoms. The minimum Gasteiger partial charge on any atom is -0.376 e. The maximum atomic E-state index is 12.0. The number of nitrogens with one attached hydrogen (secondary N) is 2. The molecule has 16 heavy (non-hydrogen) atoms. The third-order valence-electron chi connectivity index (χ3n) is 3.48. The third kappa shape index (κ3) is 1.70. The van der Waals surface area contributed by atoms with Crippen LogP contribution in [-0.2, 0) is 24.3 Å². The average Bonchev–Trinajstić information content (AvgIpc) is 2.90. The van der Waals surface area contributed by atoms with E-state index in [1.165, 1.54) is 0 Å². The van der Waals surface area contributed by atoms with E-state index >= 15 is 0 Å². The summed E-state index contributed by atoms with van der Waals surface area (Å²) >= 11 is 0. The lowest BCUT2D eigenvalue weighted by Gasteiger charge is -2.09. The number of aromatic nitrogens is 2. The molecule has 3 rings (SSSR count). The molecule has 1 aromatic rings. The topological polar surface area (TPSA) is 59.0 Å². The van der Waals surface area contributed by atoms with E-state index in [-0.39, 0.29) is 5.56 Å². The monoisotopic (exact) mass is 223 g/mol. The molecule has 0 bridgehead atoms. The van der Waals surface area contributed by atoms with Gasteiger partial charge in [-0.2, -0.15) is 0 Å². The largest absolute Gasteiger partial charge is 0.376 e. The zero-order valence-electron chi connectivity index (χ0n) is 9.29. The van der Waals surface area contributed by atoms with Crippen molar-refractivity contribution in [3.8, 4) is 0 Å². The highest BCUT2D eigenvalue weighted by Gasteiger charge is 2.21. The first-order valence-electron chi connectivity index (χ1n) is 5.93. The van der Waals surface area contributed by atoms with E-state index in [0.717, 1.165) is 50.3 Å². The van der Waals surface area contributed by atoms with Gasteiger partial charge >= 0.3 is 0 Å². The van der Waals surface area contributed by atoms with Gasteiger partial charge in [0.25, 0.3) is 5.56 Å². The van der Waals surface area contributed by atoms with Gasteiger partial charge in [0.15, 0.2) is 0 Å². The highest BCUT2D eigenvalue weighted by molar-refractivity contribution is 5.18. The van der Waals surface area contributed by atoms with Crippen molar-refractivity contribution in [2.45, 2.75) is 26.0 Å². The van der Waals surface area contributed by atoms with Crippen LogP contribution in [0.25, 0.3) is 0 Å². The molecule has 2 N–H and O–H groups in total. The van der Waals surface area contributed by atoms with Crippen molar-refractivity contribution in [3.05, 3.63) is 21.6 Å². The van der Waals surface area contributed by atoms with Crippen molar-refractivity contribution in [1.82, 2.24) is 15.1 Å². The molecule has 0 aromatic carbocycles. The van der Waals surface area contributed by atoms with Gasteiger partial charge in [-0.15, -0.1) is 0 Å². The Balaban J connectivity index is 1.84. The van der Waals surface area contributed by atoms with Crippen LogP contribution in [0.1, 0.15) is 17.7 Å². The molecule has 3 heterocycles. The van der Waals surface area contributed by atoms with E-state index in [2.05, 4.69) is 10.4 Å². The van der Waals surface area contributed by atoms with Crippen molar-refractivity contribution in [2.75, 3.05) is 19.7 Å². The number of fused-ring (bicyclic) bond motifs is 1. The summed E-state index contributed by atoms with van der Waals surface area (Å²) in [6, 6.07) is 0. The van der Waals surface area contributed by atoms with Crippen LogP contribution in [-0.4, -0.2) is 29.5 Å². The summed E-state index contributed by atoms with van der Waals surface area (Å²) in [6.45, 7) is 4.09. The van der Waals surface area contributed by atoms with Crippen molar-refractivity contribution < 1.29 is 4.74 Å². The maximum Gasteiger partial charge on any atom is 0.272 e. The zero-order valence-corrected chi connectivity index (χ0v) is 9.29. The minimum absolute atomic E-state index is 0.113. The molecule has 0 spiro atoms. The van der Waals surface area contributed by atoms with Crippen molar-refractivity contribution in [1.29, 1.82) is 0 Å². The van der Waals surface area contributed by atoms with E-state index in [0.29, 0.717) is 12.5 Å². The number of nitrogens with zero attached hydrogens (tertiary/aromatic N) is 1. The van der Waals surface area contributed by atoms with Gasteiger partial charge < -0.3 is 10.1 Å². The SMILES string of the molecule is O=c1c2c([nH]n1CC1CCNC1)CCOC2. The molecule has 0 saturated carbocycles. The van der Waals surface area contributed by atoms with Crippen LogP contribution in [0, 0.1) is 5.92 Å². The lowest BCUT2D eigenvalue weighted by atomic mass is 10.1. The number of H-pyrrole nitrogens is 1. The van der Waals surface area contributed by atoms with Crippen LogP contribution in [0.3, 0.4) is 0 Å². The molecule has 0 radical (unpaired) electrons. The van der Waals surface area contributed by atoms with Gasteiger partial charge in [0.05, 0.1) is 18.8 Å². The first-order valence-corrected chi connectivity index (χ1v) is 5.93. The van der Waals surface area contributed by atoms with Gasteiger partial charge in [-0.1, -0.05) is 0 Å². The van der Waals surface area contributed by atoms with Gasteiger partial charge in [-0.3, -0.25) is 14.6 Å². The molecule has 2 aliphatic heterocycles. The zero-order chi connectivity index (χ0) is 11.0. The summed E-state index contributed by atoms with van der Waals surface area (Å²) in [5, 5.41) is 6.55. The molecular formula is C11H17N3O2. The molecule has 1 unspecified atom stereocenters. The Labute approximate surface area is 93.8 Å². The second-order valence-electron chi connectivity index (χ2n) is 4.65. The Kier molecular flexibility index (Phi) is 2.57. The average molecular weight is 223 g/mol. The first kappa shape index (κ1) is 10.1. The number of hydrogen-bond donors (Lipinski definition) is 2. The maximum absolute atomic E-state index is 12.0. The molecule has 5 nitrogen and oxygen atoms in total. The Morgan fingerprint density at radius 1 is 1.50 bits per heavy atom. The van der Waals surface area contributed by atoms with Gasteiger partial charge in [-0.05, 0) is 25.4 Å². The summed E-state index contributed by atoms with van der Waals surface area (Å²) in [4.78, 5) is 12.0. The minimum atomic E-state index is 0.113. The van der Waals surface area contributed by atoms with Gasteiger partial charge in [0, 0.05) is 18.7 Å². The summed E-state index contributed by atoms with van der Waals surface area (Å²) < 4.78 is 7.08. The number of rotatable bonds is 2. The van der Waals surface area contributed by atoms with Gasteiger partial charge in [0.2, 0.25) is 0 Å². The van der Waals surface area contributed by atoms with E-state index in [1.54, 1.807) is 4.68 Å². The lowest BCUT2D eigenvalue weighted by Crippen LogP contribution is -2.25. The molecule has 1 saturated heterocycles. The van der Waals surface area contributed by atoms with Crippen molar-refractivity contribution in [3.63, 3.8) is 0 Å². The number of hydrogen-bond acceptors (Lipinski definition) is 3. The molecular weight excluding hydrogens is 206 g/mol. The lowest BCUT2D eigenvalue weighted by molar-refractivity contribution is 0.109. The molecule has 2 aliphatic rings. The van der Waals surface area contributed by atoms with E-state index in [1.807, 2.05) is 0 Å². The smallest absolute Gasteiger partial charge is 0.272 e. The fraction of sp³-hybridized carbons (Fsp3) is 0.727. The van der Waals surface area contributed by atoms with E-state index in [4.69, 9.17) is 4.74 Å². The first-order chi connectivity index (χ1) is 7.84. The van der Waals surface area contributed by atoms with Crippen LogP contribution in [0.2, 0.25) is 0 Å². The van der Waals surface area contributed by atoms with E-state index in [9.17, 15) is 4.79 Å². The standard InChI is InChI=1S/C11H17N3O2/c15-11-9-7-16-4-2-10(9)13-14(11)6-8-1-3-12-5-8/h8,12-13H,1-7H2. The van der Waals surface area contributed by atoms with Crippen LogP contribution in [0.5, 0.6) is 0 Å². The number of aromatic amines is 1. The van der Waals surface area contributed by atoms with Crippen LogP contribution in [0.4, 0.5) is 0 Å². The quantitative estimate of drug-likeness (QED) is 0.733. The molecule has 1 fully saturated rings. The Bertz CT molecular complexity index is 429. The second-order valence-corrected chi connectivity index (χ2v) is 4.65. The summed E-state index contributed by atoms with van der Waals surface area (Å²) in [5.74, 6) is 0.582. The highest BCUT2D eigenvalue weighted by Crippen LogP contribution is 2.13. The van der Waals surface area contributed by atoms with E-state index < -0.39 is 0 Å². The summed E-state index contributed by atoms with van der Waals surface area (Å²) in [6.07, 6.45) is 1.99. The highest BCUT2D eigenvalue weighted by atomic mass is 16.5. The van der Waals surface area contributed by atoms with Gasteiger partial charge in [-0.25, -0.2) is 0 Å². The summed E-state index contributed by atoms with van der Waals surface area (Å²) in [7, 11) is 0. The molecule has 0 aliphatic carbocycles. The van der Waals surface area contributed by atoms with Gasteiger partial charge in [0.1, 0.15) is 0 Å². The van der Waals surface area contributed by atoms with Crippen LogP contribution < -0.4 is 10.9 Å². The predicted molar refractivity (Wildman–Crippen MR) is 59.4 cm³/mol. The summed E-state index contributed by atoms with van der Waals surface area (Å²) in [5.41, 5.74) is 2.01. The normalized spacial score (nSPS) is 24.6. The number of ether oxygens (including phenoxy) is 1.